The highest BCUT2D eigenvalue weighted by Gasteiger charge is 2.71. The van der Waals surface area contributed by atoms with Gasteiger partial charge in [-0.2, -0.15) is 5.10 Å². The summed E-state index contributed by atoms with van der Waals surface area (Å²) in [7, 11) is 1.87. The van der Waals surface area contributed by atoms with Crippen LogP contribution in [-0.4, -0.2) is 44.5 Å². The molecule has 5 aliphatic rings. The Morgan fingerprint density at radius 2 is 1.67 bits per heavy atom. The highest BCUT2D eigenvalue weighted by molar-refractivity contribution is 6.07. The second-order valence-electron chi connectivity index (χ2n) is 19.1. The summed E-state index contributed by atoms with van der Waals surface area (Å²) >= 11 is 0. The van der Waals surface area contributed by atoms with Crippen molar-refractivity contribution < 1.29 is 29.0 Å². The number of aryl methyl sites for hydroxylation is 1. The zero-order valence-electron chi connectivity index (χ0n) is 31.7. The van der Waals surface area contributed by atoms with E-state index in [2.05, 4.69) is 53.6 Å². The quantitative estimate of drug-likeness (QED) is 0.278. The fourth-order valence-corrected chi connectivity index (χ4v) is 12.7. The summed E-state index contributed by atoms with van der Waals surface area (Å²) < 4.78 is 7.89. The Hall–Kier alpha value is -2.77. The van der Waals surface area contributed by atoms with E-state index in [4.69, 9.17) is 4.74 Å². The number of hydrogen-bond acceptors (Lipinski definition) is 6. The van der Waals surface area contributed by atoms with Crippen LogP contribution in [0.3, 0.4) is 0 Å². The van der Waals surface area contributed by atoms with Crippen LogP contribution in [0.1, 0.15) is 132 Å². The zero-order chi connectivity index (χ0) is 36.1. The van der Waals surface area contributed by atoms with Gasteiger partial charge >= 0.3 is 11.9 Å². The average Bonchev–Trinajstić information content (AvgIpc) is 3.54. The maximum Gasteiger partial charge on any atom is 0.309 e. The Morgan fingerprint density at radius 3 is 2.29 bits per heavy atom. The molecule has 0 aromatic carbocycles. The molecule has 8 heteroatoms. The molecule has 1 aromatic rings. The van der Waals surface area contributed by atoms with Crippen LogP contribution in [0.4, 0.5) is 0 Å². The van der Waals surface area contributed by atoms with E-state index in [1.165, 1.54) is 5.57 Å². The molecule has 4 fully saturated rings. The molecule has 1 aromatic heterocycles. The van der Waals surface area contributed by atoms with Gasteiger partial charge in [-0.3, -0.25) is 23.9 Å². The fourth-order valence-electron chi connectivity index (χ4n) is 12.7. The Kier molecular flexibility index (Phi) is 8.55. The van der Waals surface area contributed by atoms with E-state index in [-0.39, 0.29) is 57.6 Å². The van der Waals surface area contributed by atoms with Crippen molar-refractivity contribution >= 4 is 23.5 Å². The van der Waals surface area contributed by atoms with E-state index in [1.807, 2.05) is 13.2 Å². The number of carbonyl (C=O) groups excluding carboxylic acids is 3. The molecular weight excluding hydrogens is 616 g/mol. The summed E-state index contributed by atoms with van der Waals surface area (Å²) in [6.07, 6.45) is 11.5. The van der Waals surface area contributed by atoms with E-state index in [0.29, 0.717) is 24.7 Å². The van der Waals surface area contributed by atoms with Gasteiger partial charge in [0, 0.05) is 31.5 Å². The van der Waals surface area contributed by atoms with Crippen LogP contribution in [0.25, 0.3) is 0 Å². The maximum atomic E-state index is 14.5. The minimum absolute atomic E-state index is 0.0333. The molecule has 0 aliphatic heterocycles. The summed E-state index contributed by atoms with van der Waals surface area (Å²) in [6, 6.07) is 0. The van der Waals surface area contributed by atoms with Crippen LogP contribution in [-0.2, 0) is 37.4 Å². The SMILES string of the molecule is CC(C)C1=C2[C@H]3CC[C@@H]4[C@@]5(C)CC[C@H](OC(=O)CC(C)(C)C(=O)O)C(C)(C)[C@@H]5CC[C@@]4(C)[C@]3(C)CC[C@@]2(C(=O)Cc2cnn(C)c2)CC1=O. The van der Waals surface area contributed by atoms with Crippen molar-refractivity contribution in [2.24, 2.45) is 63.2 Å². The first-order valence-corrected chi connectivity index (χ1v) is 18.9. The van der Waals surface area contributed by atoms with Crippen molar-refractivity contribution in [1.29, 1.82) is 0 Å². The van der Waals surface area contributed by atoms with E-state index < -0.39 is 22.8 Å². The number of aromatic nitrogens is 2. The molecule has 0 saturated heterocycles. The number of Topliss-reactive ketones (excluding diaryl/α,β-unsaturated/α-hetero) is 2. The van der Waals surface area contributed by atoms with Gasteiger partial charge in [-0.25, -0.2) is 0 Å². The minimum atomic E-state index is -1.17. The molecule has 0 spiro atoms. The zero-order valence-corrected chi connectivity index (χ0v) is 31.7. The largest absolute Gasteiger partial charge is 0.481 e. The highest BCUT2D eigenvalue weighted by Crippen LogP contribution is 2.76. The van der Waals surface area contributed by atoms with Crippen LogP contribution < -0.4 is 0 Å². The number of esters is 1. The number of allylic oxidation sites excluding steroid dienone is 2. The number of ether oxygens (including phenoxy) is 1. The second kappa shape index (κ2) is 11.6. The maximum absolute atomic E-state index is 14.5. The predicted octanol–water partition coefficient (Wildman–Crippen LogP) is 7.93. The van der Waals surface area contributed by atoms with Gasteiger partial charge in [-0.1, -0.05) is 48.5 Å². The Bertz CT molecular complexity index is 1600. The molecule has 0 radical (unpaired) electrons. The number of aliphatic carboxylic acids is 1. The third-order valence-corrected chi connectivity index (χ3v) is 15.5. The van der Waals surface area contributed by atoms with Gasteiger partial charge in [0.05, 0.1) is 23.4 Å². The van der Waals surface area contributed by atoms with Crippen LogP contribution in [0.15, 0.2) is 23.5 Å². The van der Waals surface area contributed by atoms with Crippen molar-refractivity contribution in [2.75, 3.05) is 0 Å². The van der Waals surface area contributed by atoms with E-state index in [1.54, 1.807) is 24.7 Å². The Balaban J connectivity index is 1.31. The van der Waals surface area contributed by atoms with Crippen molar-refractivity contribution in [3.8, 4) is 0 Å². The first kappa shape index (κ1) is 36.0. The molecule has 4 saturated carbocycles. The third-order valence-electron chi connectivity index (χ3n) is 15.5. The molecule has 270 valence electrons. The third kappa shape index (κ3) is 5.22. The first-order chi connectivity index (χ1) is 22.6. The van der Waals surface area contributed by atoms with Crippen LogP contribution in [0, 0.1) is 56.2 Å². The van der Waals surface area contributed by atoms with Crippen molar-refractivity contribution in [3.63, 3.8) is 0 Å². The van der Waals surface area contributed by atoms with Gasteiger partial charge < -0.3 is 9.84 Å². The number of carboxylic acids is 1. The molecule has 6 rings (SSSR count). The molecule has 0 bridgehead atoms. The summed E-state index contributed by atoms with van der Waals surface area (Å²) in [5.74, 6) is 0.0615. The topological polar surface area (TPSA) is 116 Å². The summed E-state index contributed by atoms with van der Waals surface area (Å²) in [5, 5.41) is 13.9. The number of fused-ring (bicyclic) bond motifs is 7. The average molecular weight is 677 g/mol. The normalized spacial score (nSPS) is 38.4. The highest BCUT2D eigenvalue weighted by atomic mass is 16.5. The minimum Gasteiger partial charge on any atom is -0.481 e. The van der Waals surface area contributed by atoms with Gasteiger partial charge in [0.1, 0.15) is 11.9 Å². The number of rotatable bonds is 8. The van der Waals surface area contributed by atoms with Crippen LogP contribution >= 0.6 is 0 Å². The molecule has 1 N–H and O–H groups in total. The number of ketones is 2. The summed E-state index contributed by atoms with van der Waals surface area (Å²) in [6.45, 7) is 19.5. The van der Waals surface area contributed by atoms with E-state index in [9.17, 15) is 24.3 Å². The van der Waals surface area contributed by atoms with Gasteiger partial charge in [-0.05, 0) is 122 Å². The fraction of sp³-hybridized carbons (Fsp3) is 0.780. The lowest BCUT2D eigenvalue weighted by atomic mass is 9.33. The number of carboxylic acid groups (broad SMARTS) is 1. The van der Waals surface area contributed by atoms with Crippen molar-refractivity contribution in [3.05, 3.63) is 29.1 Å². The molecule has 8 nitrogen and oxygen atoms in total. The Labute approximate surface area is 293 Å². The lowest BCUT2D eigenvalue weighted by Gasteiger charge is -2.72. The lowest BCUT2D eigenvalue weighted by molar-refractivity contribution is -0.233. The molecule has 8 atom stereocenters. The lowest BCUT2D eigenvalue weighted by Crippen LogP contribution is -2.66. The van der Waals surface area contributed by atoms with E-state index >= 15 is 0 Å². The van der Waals surface area contributed by atoms with Gasteiger partial charge in [0.2, 0.25) is 0 Å². The Morgan fingerprint density at radius 1 is 0.980 bits per heavy atom. The van der Waals surface area contributed by atoms with Gasteiger partial charge in [0.25, 0.3) is 0 Å². The van der Waals surface area contributed by atoms with Gasteiger partial charge in [0.15, 0.2) is 5.78 Å². The van der Waals surface area contributed by atoms with Crippen LogP contribution in [0.2, 0.25) is 0 Å². The standard InChI is InChI=1S/C41H60N2O6/c1-24(2)33-27(44)20-41(30(45)19-25-22-42-43(10)23-25)18-17-39(8)26(34(33)41)11-12-29-38(7)15-14-31(49-32(46)21-36(3,4)35(47)48)37(5,6)28(38)13-16-40(29,39)9/h22-24,26,28-29,31H,11-21H2,1-10H3,(H,47,48)/t26-,28+,29-,31+,38+,39-,40-,41+/m1/s1. The predicted molar refractivity (Wildman–Crippen MR) is 187 cm³/mol. The molecule has 0 amide bonds. The van der Waals surface area contributed by atoms with Crippen molar-refractivity contribution in [1.82, 2.24) is 9.78 Å². The molecule has 49 heavy (non-hydrogen) atoms. The number of nitrogens with zero attached hydrogens (tertiary/aromatic N) is 2. The molecular formula is C41H60N2O6. The molecule has 1 heterocycles. The smallest absolute Gasteiger partial charge is 0.309 e. The van der Waals surface area contributed by atoms with Crippen LogP contribution in [0.5, 0.6) is 0 Å². The van der Waals surface area contributed by atoms with E-state index in [0.717, 1.165) is 62.5 Å². The summed E-state index contributed by atoms with van der Waals surface area (Å²) in [4.78, 5) is 53.2. The van der Waals surface area contributed by atoms with Gasteiger partial charge in [-0.15, -0.1) is 0 Å². The number of carbonyl (C=O) groups is 4. The second-order valence-corrected chi connectivity index (χ2v) is 19.1. The monoisotopic (exact) mass is 676 g/mol. The first-order valence-electron chi connectivity index (χ1n) is 18.9. The molecule has 5 aliphatic carbocycles. The number of hydrogen-bond donors (Lipinski definition) is 1. The molecule has 0 unspecified atom stereocenters. The van der Waals surface area contributed by atoms with Crippen molar-refractivity contribution in [2.45, 2.75) is 139 Å². The summed E-state index contributed by atoms with van der Waals surface area (Å²) in [5.41, 5.74) is 0.968.